The van der Waals surface area contributed by atoms with E-state index in [1.165, 1.54) is 44.9 Å². The molecule has 2 rings (SSSR count). The predicted octanol–water partition coefficient (Wildman–Crippen LogP) is 1.39. The van der Waals surface area contributed by atoms with Crippen LogP contribution in [0.15, 0.2) is 4.99 Å². The van der Waals surface area contributed by atoms with Gasteiger partial charge in [-0.25, -0.2) is 0 Å². The second kappa shape index (κ2) is 5.71. The van der Waals surface area contributed by atoms with E-state index >= 15 is 0 Å². The van der Waals surface area contributed by atoms with Gasteiger partial charge in [0.1, 0.15) is 0 Å². The first-order chi connectivity index (χ1) is 8.24. The molecular formula is C13H25N3O. The number of nitrogens with zero attached hydrogens (tertiary/aromatic N) is 1. The molecule has 0 heterocycles. The molecule has 17 heavy (non-hydrogen) atoms. The van der Waals surface area contributed by atoms with Gasteiger partial charge in [-0.15, -0.1) is 0 Å². The molecule has 4 heteroatoms. The first-order valence-electron chi connectivity index (χ1n) is 6.91. The van der Waals surface area contributed by atoms with Crippen LogP contribution in [0, 0.1) is 5.41 Å². The molecule has 0 amide bonds. The van der Waals surface area contributed by atoms with Gasteiger partial charge in [0.05, 0.1) is 0 Å². The highest BCUT2D eigenvalue weighted by atomic mass is 16.3. The molecule has 0 unspecified atom stereocenters. The lowest BCUT2D eigenvalue weighted by Gasteiger charge is -2.35. The maximum absolute atomic E-state index is 9.21. The number of aliphatic hydroxyl groups excluding tert-OH is 1. The summed E-state index contributed by atoms with van der Waals surface area (Å²) in [4.78, 5) is 4.49. The summed E-state index contributed by atoms with van der Waals surface area (Å²) < 4.78 is 0. The van der Waals surface area contributed by atoms with E-state index in [1.54, 1.807) is 0 Å². The fraction of sp³-hybridized carbons (Fsp3) is 0.923. The number of nitrogens with two attached hydrogens (primary N) is 1. The lowest BCUT2D eigenvalue weighted by atomic mass is 9.72. The number of guanidine groups is 1. The molecule has 0 radical (unpaired) electrons. The zero-order valence-corrected chi connectivity index (χ0v) is 10.6. The molecule has 98 valence electrons. The highest BCUT2D eigenvalue weighted by molar-refractivity contribution is 5.78. The molecule has 0 atom stereocenters. The molecule has 0 aromatic rings. The Morgan fingerprint density at radius 3 is 2.59 bits per heavy atom. The maximum atomic E-state index is 9.21. The van der Waals surface area contributed by atoms with Gasteiger partial charge in [-0.2, -0.15) is 0 Å². The van der Waals surface area contributed by atoms with Crippen LogP contribution in [0.5, 0.6) is 0 Å². The van der Waals surface area contributed by atoms with Crippen molar-refractivity contribution in [2.24, 2.45) is 16.1 Å². The number of rotatable bonds is 5. The molecule has 2 aliphatic rings. The Balaban J connectivity index is 1.86. The van der Waals surface area contributed by atoms with Crippen molar-refractivity contribution in [1.82, 2.24) is 5.32 Å². The molecule has 4 N–H and O–H groups in total. The van der Waals surface area contributed by atoms with Crippen LogP contribution >= 0.6 is 0 Å². The fourth-order valence-electron chi connectivity index (χ4n) is 2.76. The van der Waals surface area contributed by atoms with Crippen LogP contribution < -0.4 is 11.1 Å². The van der Waals surface area contributed by atoms with E-state index in [2.05, 4.69) is 10.3 Å². The summed E-state index contributed by atoms with van der Waals surface area (Å²) in [5.41, 5.74) is 6.07. The third-order valence-corrected chi connectivity index (χ3v) is 4.07. The summed E-state index contributed by atoms with van der Waals surface area (Å²) in [6.45, 7) is 1.05. The van der Waals surface area contributed by atoms with E-state index in [1.807, 2.05) is 0 Å². The van der Waals surface area contributed by atoms with Crippen molar-refractivity contribution in [3.05, 3.63) is 0 Å². The number of hydrogen-bond donors (Lipinski definition) is 3. The van der Waals surface area contributed by atoms with Gasteiger partial charge in [0.2, 0.25) is 0 Å². The van der Waals surface area contributed by atoms with Gasteiger partial charge in [0.15, 0.2) is 5.96 Å². The molecule has 2 saturated carbocycles. The van der Waals surface area contributed by atoms with E-state index in [0.717, 1.165) is 13.0 Å². The van der Waals surface area contributed by atoms with Crippen LogP contribution in [0.1, 0.15) is 51.4 Å². The minimum atomic E-state index is 0.211. The van der Waals surface area contributed by atoms with Crippen molar-refractivity contribution >= 4 is 5.96 Å². The van der Waals surface area contributed by atoms with Crippen LogP contribution in [-0.4, -0.2) is 30.3 Å². The van der Waals surface area contributed by atoms with Crippen molar-refractivity contribution in [2.75, 3.05) is 13.2 Å². The summed E-state index contributed by atoms with van der Waals surface area (Å²) in [5.74, 6) is 0.593. The van der Waals surface area contributed by atoms with E-state index in [0.29, 0.717) is 12.0 Å². The zero-order chi connectivity index (χ0) is 12.1. The molecule has 0 bridgehead atoms. The van der Waals surface area contributed by atoms with Gasteiger partial charge in [0, 0.05) is 19.2 Å². The first kappa shape index (κ1) is 12.7. The SMILES string of the molecule is NC(=NCC1(CCO)CCCCC1)NC1CC1. The topological polar surface area (TPSA) is 70.6 Å². The van der Waals surface area contributed by atoms with Gasteiger partial charge < -0.3 is 16.2 Å². The molecule has 2 fully saturated rings. The number of hydrogen-bond acceptors (Lipinski definition) is 2. The van der Waals surface area contributed by atoms with Gasteiger partial charge in [-0.1, -0.05) is 19.3 Å². The first-order valence-corrected chi connectivity index (χ1v) is 6.91. The summed E-state index contributed by atoms with van der Waals surface area (Å²) in [7, 11) is 0. The summed E-state index contributed by atoms with van der Waals surface area (Å²) in [6, 6.07) is 0.568. The van der Waals surface area contributed by atoms with Crippen LogP contribution in [0.4, 0.5) is 0 Å². The number of aliphatic hydroxyl groups is 1. The van der Waals surface area contributed by atoms with Crippen molar-refractivity contribution in [2.45, 2.75) is 57.4 Å². The monoisotopic (exact) mass is 239 g/mol. The third kappa shape index (κ3) is 3.87. The number of aliphatic imine (C=N–C) groups is 1. The van der Waals surface area contributed by atoms with Crippen LogP contribution in [-0.2, 0) is 0 Å². The van der Waals surface area contributed by atoms with Gasteiger partial charge >= 0.3 is 0 Å². The lowest BCUT2D eigenvalue weighted by Crippen LogP contribution is -2.36. The second-order valence-electron chi connectivity index (χ2n) is 5.65. The smallest absolute Gasteiger partial charge is 0.188 e. The summed E-state index contributed by atoms with van der Waals surface area (Å²) in [5, 5.41) is 12.4. The van der Waals surface area contributed by atoms with E-state index in [4.69, 9.17) is 5.73 Å². The van der Waals surface area contributed by atoms with Crippen LogP contribution in [0.3, 0.4) is 0 Å². The predicted molar refractivity (Wildman–Crippen MR) is 69.9 cm³/mol. The van der Waals surface area contributed by atoms with Crippen molar-refractivity contribution in [3.8, 4) is 0 Å². The van der Waals surface area contributed by atoms with Crippen molar-refractivity contribution < 1.29 is 5.11 Å². The highest BCUT2D eigenvalue weighted by Crippen LogP contribution is 2.39. The Hall–Kier alpha value is -0.770. The normalized spacial score (nSPS) is 24.6. The van der Waals surface area contributed by atoms with Crippen LogP contribution in [0.25, 0.3) is 0 Å². The van der Waals surface area contributed by atoms with Gasteiger partial charge in [0.25, 0.3) is 0 Å². The Morgan fingerprint density at radius 1 is 1.29 bits per heavy atom. The minimum Gasteiger partial charge on any atom is -0.396 e. The standard InChI is InChI=1S/C13H25N3O/c14-12(16-11-4-5-11)15-10-13(8-9-17)6-2-1-3-7-13/h11,17H,1-10H2,(H3,14,15,16). The third-order valence-electron chi connectivity index (χ3n) is 4.07. The fourth-order valence-corrected chi connectivity index (χ4v) is 2.76. The van der Waals surface area contributed by atoms with Gasteiger partial charge in [-0.05, 0) is 37.5 Å². The minimum absolute atomic E-state index is 0.211. The molecule has 0 aromatic carbocycles. The Kier molecular flexibility index (Phi) is 4.26. The number of nitrogens with one attached hydrogen (secondary N) is 1. The average Bonchev–Trinajstić information content (AvgIpc) is 3.12. The molecule has 0 saturated heterocycles. The zero-order valence-electron chi connectivity index (χ0n) is 10.6. The Morgan fingerprint density at radius 2 is 2.00 bits per heavy atom. The quantitative estimate of drug-likeness (QED) is 0.501. The van der Waals surface area contributed by atoms with Crippen LogP contribution in [0.2, 0.25) is 0 Å². The molecule has 0 aliphatic heterocycles. The average molecular weight is 239 g/mol. The molecular weight excluding hydrogens is 214 g/mol. The Bertz CT molecular complexity index is 262. The summed E-state index contributed by atoms with van der Waals surface area (Å²) in [6.07, 6.45) is 9.55. The maximum Gasteiger partial charge on any atom is 0.188 e. The molecule has 0 spiro atoms. The highest BCUT2D eigenvalue weighted by Gasteiger charge is 2.31. The molecule has 0 aromatic heterocycles. The van der Waals surface area contributed by atoms with E-state index in [-0.39, 0.29) is 12.0 Å². The molecule has 2 aliphatic carbocycles. The van der Waals surface area contributed by atoms with Gasteiger partial charge in [-0.3, -0.25) is 4.99 Å². The summed E-state index contributed by atoms with van der Waals surface area (Å²) >= 11 is 0. The van der Waals surface area contributed by atoms with E-state index in [9.17, 15) is 5.11 Å². The second-order valence-corrected chi connectivity index (χ2v) is 5.65. The van der Waals surface area contributed by atoms with E-state index < -0.39 is 0 Å². The van der Waals surface area contributed by atoms with Crippen molar-refractivity contribution in [3.63, 3.8) is 0 Å². The molecule has 4 nitrogen and oxygen atoms in total. The lowest BCUT2D eigenvalue weighted by molar-refractivity contribution is 0.137. The Labute approximate surface area is 104 Å². The van der Waals surface area contributed by atoms with Crippen molar-refractivity contribution in [1.29, 1.82) is 0 Å². The largest absolute Gasteiger partial charge is 0.396 e.